The largest absolute Gasteiger partial charge is 0.495 e. The molecule has 1 N–H and O–H groups in total. The van der Waals surface area contributed by atoms with Gasteiger partial charge in [0.15, 0.2) is 0 Å². The highest BCUT2D eigenvalue weighted by Gasteiger charge is 2.24. The fourth-order valence-corrected chi connectivity index (χ4v) is 4.37. The van der Waals surface area contributed by atoms with Crippen molar-refractivity contribution in [1.82, 2.24) is 0 Å². The molecule has 3 aromatic carbocycles. The summed E-state index contributed by atoms with van der Waals surface area (Å²) >= 11 is 6.08. The third-order valence-corrected chi connectivity index (χ3v) is 6.69. The van der Waals surface area contributed by atoms with E-state index < -0.39 is 15.9 Å². The molecule has 0 radical (unpaired) electrons. The molecule has 0 aliphatic rings. The number of nitrogens with zero attached hydrogens (tertiary/aromatic N) is 1. The van der Waals surface area contributed by atoms with Crippen molar-refractivity contribution in [3.63, 3.8) is 0 Å². The number of nitrogens with one attached hydrogen (secondary N) is 1. The lowest BCUT2D eigenvalue weighted by Gasteiger charge is -2.21. The van der Waals surface area contributed by atoms with Crippen LogP contribution in [0.25, 0.3) is 0 Å². The van der Waals surface area contributed by atoms with Crippen molar-refractivity contribution in [1.29, 1.82) is 0 Å². The number of hydrogen-bond acceptors (Lipinski definition) is 5. The van der Waals surface area contributed by atoms with Gasteiger partial charge in [-0.25, -0.2) is 8.42 Å². The lowest BCUT2D eigenvalue weighted by molar-refractivity contribution is 0.102. The van der Waals surface area contributed by atoms with Gasteiger partial charge < -0.3 is 14.8 Å². The SMILES string of the molecule is COc1ccc(NC(=O)c2ccc(S(=O)(=O)N(C)c3ccccc3OC)cc2)cc1Cl. The molecule has 0 saturated carbocycles. The van der Waals surface area contributed by atoms with Crippen LogP contribution in [0.1, 0.15) is 10.4 Å². The Bertz CT molecular complexity index is 1200. The van der Waals surface area contributed by atoms with Crippen molar-refractivity contribution in [2.75, 3.05) is 30.9 Å². The molecule has 0 spiro atoms. The number of amides is 1. The van der Waals surface area contributed by atoms with Gasteiger partial charge in [-0.1, -0.05) is 23.7 Å². The van der Waals surface area contributed by atoms with Crippen molar-refractivity contribution in [2.24, 2.45) is 0 Å². The lowest BCUT2D eigenvalue weighted by atomic mass is 10.2. The summed E-state index contributed by atoms with van der Waals surface area (Å²) < 4.78 is 37.5. The van der Waals surface area contributed by atoms with Gasteiger partial charge in [-0.2, -0.15) is 0 Å². The van der Waals surface area contributed by atoms with Crippen LogP contribution in [0.3, 0.4) is 0 Å². The molecule has 0 heterocycles. The Hall–Kier alpha value is -3.23. The molecule has 0 aromatic heterocycles. The van der Waals surface area contributed by atoms with Crippen LogP contribution in [-0.2, 0) is 10.0 Å². The van der Waals surface area contributed by atoms with Crippen molar-refractivity contribution in [3.05, 3.63) is 77.3 Å². The maximum absolute atomic E-state index is 13.0. The first-order valence-corrected chi connectivity index (χ1v) is 11.0. The van der Waals surface area contributed by atoms with Gasteiger partial charge in [-0.05, 0) is 54.6 Å². The molecular formula is C22H21ClN2O5S. The molecule has 7 nitrogen and oxygen atoms in total. The molecular weight excluding hydrogens is 440 g/mol. The van der Waals surface area contributed by atoms with Gasteiger partial charge in [0.2, 0.25) is 0 Å². The zero-order chi connectivity index (χ0) is 22.6. The zero-order valence-corrected chi connectivity index (χ0v) is 18.7. The molecule has 9 heteroatoms. The van der Waals surface area contributed by atoms with Crippen molar-refractivity contribution >= 4 is 38.9 Å². The summed E-state index contributed by atoms with van der Waals surface area (Å²) in [5.41, 5.74) is 1.19. The van der Waals surface area contributed by atoms with Gasteiger partial charge in [0.05, 0.1) is 29.8 Å². The van der Waals surface area contributed by atoms with Crippen molar-refractivity contribution in [3.8, 4) is 11.5 Å². The summed E-state index contributed by atoms with van der Waals surface area (Å²) in [4.78, 5) is 12.6. The number of methoxy groups -OCH3 is 2. The molecule has 0 fully saturated rings. The summed E-state index contributed by atoms with van der Waals surface area (Å²) in [7, 11) is 0.572. The summed E-state index contributed by atoms with van der Waals surface area (Å²) in [6.07, 6.45) is 0. The minimum atomic E-state index is -3.85. The summed E-state index contributed by atoms with van der Waals surface area (Å²) in [6.45, 7) is 0. The second-order valence-corrected chi connectivity index (χ2v) is 8.85. The Balaban J connectivity index is 1.80. The maximum Gasteiger partial charge on any atom is 0.264 e. The number of anilines is 2. The van der Waals surface area contributed by atoms with Crippen molar-refractivity contribution < 1.29 is 22.7 Å². The number of carbonyl (C=O) groups excluding carboxylic acids is 1. The summed E-state index contributed by atoms with van der Waals surface area (Å²) in [5.74, 6) is 0.527. The van der Waals surface area contributed by atoms with Crippen LogP contribution in [0.15, 0.2) is 71.6 Å². The predicted molar refractivity (Wildman–Crippen MR) is 121 cm³/mol. The molecule has 3 aromatic rings. The molecule has 0 unspecified atom stereocenters. The van der Waals surface area contributed by atoms with Crippen LogP contribution >= 0.6 is 11.6 Å². The number of sulfonamides is 1. The lowest BCUT2D eigenvalue weighted by Crippen LogP contribution is -2.27. The summed E-state index contributed by atoms with van der Waals surface area (Å²) in [5, 5.41) is 3.08. The Morgan fingerprint density at radius 1 is 0.935 bits per heavy atom. The highest BCUT2D eigenvalue weighted by atomic mass is 35.5. The topological polar surface area (TPSA) is 84.9 Å². The number of halogens is 1. The van der Waals surface area contributed by atoms with E-state index in [-0.39, 0.29) is 4.90 Å². The van der Waals surface area contributed by atoms with Crippen LogP contribution in [0.4, 0.5) is 11.4 Å². The second-order valence-electron chi connectivity index (χ2n) is 6.47. The minimum Gasteiger partial charge on any atom is -0.495 e. The third-order valence-electron chi connectivity index (χ3n) is 4.61. The van der Waals surface area contributed by atoms with E-state index in [1.54, 1.807) is 42.5 Å². The third kappa shape index (κ3) is 4.76. The van der Waals surface area contributed by atoms with Gasteiger partial charge >= 0.3 is 0 Å². The first kappa shape index (κ1) is 22.5. The van der Waals surface area contributed by atoms with E-state index in [0.29, 0.717) is 33.5 Å². The Labute approximate surface area is 186 Å². The van der Waals surface area contributed by atoms with E-state index in [1.165, 1.54) is 45.5 Å². The standard InChI is InChI=1S/C22H21ClN2O5S/c1-25(19-6-4-5-7-21(19)30-3)31(27,28)17-11-8-15(9-12-17)22(26)24-16-10-13-20(29-2)18(23)14-16/h4-14H,1-3H3,(H,24,26). The molecule has 0 atom stereocenters. The highest BCUT2D eigenvalue weighted by Crippen LogP contribution is 2.31. The number of para-hydroxylation sites is 2. The van der Waals surface area contributed by atoms with Crippen LogP contribution in [0.5, 0.6) is 11.5 Å². The number of rotatable bonds is 7. The normalized spacial score (nSPS) is 11.0. The molecule has 0 bridgehead atoms. The second kappa shape index (κ2) is 9.28. The molecule has 31 heavy (non-hydrogen) atoms. The maximum atomic E-state index is 13.0. The van der Waals surface area contributed by atoms with Gasteiger partial charge in [0.1, 0.15) is 11.5 Å². The van der Waals surface area contributed by atoms with E-state index in [1.807, 2.05) is 0 Å². The molecule has 3 rings (SSSR count). The van der Waals surface area contributed by atoms with Crippen LogP contribution in [0.2, 0.25) is 5.02 Å². The Morgan fingerprint density at radius 3 is 2.19 bits per heavy atom. The highest BCUT2D eigenvalue weighted by molar-refractivity contribution is 7.92. The molecule has 162 valence electrons. The molecule has 0 saturated heterocycles. The summed E-state index contributed by atoms with van der Waals surface area (Å²) in [6, 6.07) is 17.3. The van der Waals surface area contributed by atoms with Gasteiger partial charge in [-0.15, -0.1) is 0 Å². The van der Waals surface area contributed by atoms with Crippen LogP contribution < -0.4 is 19.1 Å². The number of hydrogen-bond donors (Lipinski definition) is 1. The first-order valence-electron chi connectivity index (χ1n) is 9.15. The van der Waals surface area contributed by atoms with Gasteiger partial charge in [-0.3, -0.25) is 9.10 Å². The number of ether oxygens (including phenoxy) is 2. The molecule has 0 aliphatic heterocycles. The monoisotopic (exact) mass is 460 g/mol. The first-order chi connectivity index (χ1) is 14.8. The van der Waals surface area contributed by atoms with E-state index in [2.05, 4.69) is 5.32 Å². The predicted octanol–water partition coefficient (Wildman–Crippen LogP) is 4.43. The Kier molecular flexibility index (Phi) is 6.72. The average molecular weight is 461 g/mol. The van der Waals surface area contributed by atoms with E-state index >= 15 is 0 Å². The zero-order valence-electron chi connectivity index (χ0n) is 17.1. The quantitative estimate of drug-likeness (QED) is 0.563. The molecule has 0 aliphatic carbocycles. The van der Waals surface area contributed by atoms with E-state index in [0.717, 1.165) is 4.31 Å². The minimum absolute atomic E-state index is 0.0462. The van der Waals surface area contributed by atoms with E-state index in [4.69, 9.17) is 21.1 Å². The van der Waals surface area contributed by atoms with Crippen LogP contribution in [0, 0.1) is 0 Å². The van der Waals surface area contributed by atoms with E-state index in [9.17, 15) is 13.2 Å². The average Bonchev–Trinajstić information content (AvgIpc) is 2.78. The number of carbonyl (C=O) groups is 1. The van der Waals surface area contributed by atoms with Gasteiger partial charge in [0.25, 0.3) is 15.9 Å². The smallest absolute Gasteiger partial charge is 0.264 e. The van der Waals surface area contributed by atoms with Gasteiger partial charge in [0, 0.05) is 18.3 Å². The number of benzene rings is 3. The fraction of sp³-hybridized carbons (Fsp3) is 0.136. The molecule has 1 amide bonds. The fourth-order valence-electron chi connectivity index (χ4n) is 2.90. The van der Waals surface area contributed by atoms with Crippen molar-refractivity contribution in [2.45, 2.75) is 4.90 Å². The van der Waals surface area contributed by atoms with Crippen LogP contribution in [-0.4, -0.2) is 35.6 Å². The Morgan fingerprint density at radius 2 is 1.58 bits per heavy atom.